The monoisotopic (exact) mass is 468 g/mol. The maximum absolute atomic E-state index is 12.9. The van der Waals surface area contributed by atoms with Crippen LogP contribution in [0.3, 0.4) is 0 Å². The first kappa shape index (κ1) is 20.4. The summed E-state index contributed by atoms with van der Waals surface area (Å²) in [6.45, 7) is 0.978. The fourth-order valence-corrected chi connectivity index (χ4v) is 6.31. The molecule has 4 rings (SSSR count). The molecule has 1 aliphatic heterocycles. The maximum atomic E-state index is 12.9. The molecule has 0 aliphatic carbocycles. The lowest BCUT2D eigenvalue weighted by atomic mass is 10.2. The standard InChI is InChI=1S/C18H17ClN4O3S3/c19-14-7-6-12(29(25,26)23-8-2-1-3-9-23)11-13(14)16(24)20-18-22-21-17(28-18)15-5-4-10-27-15/h4-7,10-11H,1-3,8-9H2,(H,20,22,24). The fourth-order valence-electron chi connectivity index (χ4n) is 3.03. The number of sulfonamides is 1. The van der Waals surface area contributed by atoms with E-state index in [1.54, 1.807) is 0 Å². The van der Waals surface area contributed by atoms with Crippen LogP contribution in [0.15, 0.2) is 40.6 Å². The van der Waals surface area contributed by atoms with Gasteiger partial charge in [0.1, 0.15) is 0 Å². The van der Waals surface area contributed by atoms with Gasteiger partial charge in [0, 0.05) is 13.1 Å². The van der Waals surface area contributed by atoms with Crippen LogP contribution in [0.1, 0.15) is 29.6 Å². The lowest BCUT2D eigenvalue weighted by Crippen LogP contribution is -2.35. The molecule has 1 saturated heterocycles. The molecular weight excluding hydrogens is 452 g/mol. The molecule has 0 bridgehead atoms. The predicted molar refractivity (Wildman–Crippen MR) is 115 cm³/mol. The summed E-state index contributed by atoms with van der Waals surface area (Å²) >= 11 is 8.95. The first-order valence-corrected chi connectivity index (χ1v) is 12.4. The smallest absolute Gasteiger partial charge is 0.259 e. The molecule has 1 N–H and O–H groups in total. The Morgan fingerprint density at radius 3 is 2.66 bits per heavy atom. The lowest BCUT2D eigenvalue weighted by molar-refractivity contribution is 0.102. The van der Waals surface area contributed by atoms with Crippen molar-refractivity contribution in [2.45, 2.75) is 24.2 Å². The average Bonchev–Trinajstić information content (AvgIpc) is 3.40. The third kappa shape index (κ3) is 4.36. The summed E-state index contributed by atoms with van der Waals surface area (Å²) in [5.41, 5.74) is 0.0811. The number of piperidine rings is 1. The van der Waals surface area contributed by atoms with Crippen molar-refractivity contribution in [3.8, 4) is 9.88 Å². The Morgan fingerprint density at radius 1 is 1.14 bits per heavy atom. The van der Waals surface area contributed by atoms with Crippen molar-refractivity contribution >= 4 is 55.3 Å². The number of carbonyl (C=O) groups is 1. The molecule has 11 heteroatoms. The molecule has 1 aromatic carbocycles. The zero-order valence-corrected chi connectivity index (χ0v) is 18.4. The van der Waals surface area contributed by atoms with E-state index >= 15 is 0 Å². The molecule has 3 heterocycles. The first-order chi connectivity index (χ1) is 13.9. The van der Waals surface area contributed by atoms with Crippen LogP contribution in [0.4, 0.5) is 5.13 Å². The zero-order valence-electron chi connectivity index (χ0n) is 15.2. The quantitative estimate of drug-likeness (QED) is 0.601. The number of rotatable bonds is 5. The Labute approximate surface area is 181 Å². The topological polar surface area (TPSA) is 92.3 Å². The molecule has 3 aromatic rings. The van der Waals surface area contributed by atoms with Crippen LogP contribution in [0.5, 0.6) is 0 Å². The van der Waals surface area contributed by atoms with Gasteiger partial charge in [-0.05, 0) is 42.5 Å². The van der Waals surface area contributed by atoms with Gasteiger partial charge in [-0.3, -0.25) is 10.1 Å². The molecule has 0 saturated carbocycles. The number of benzene rings is 1. The van der Waals surface area contributed by atoms with Gasteiger partial charge in [0.15, 0.2) is 5.01 Å². The van der Waals surface area contributed by atoms with Crippen molar-refractivity contribution in [2.75, 3.05) is 18.4 Å². The number of hydrogen-bond acceptors (Lipinski definition) is 7. The number of carbonyl (C=O) groups excluding carboxylic acids is 1. The van der Waals surface area contributed by atoms with Crippen LogP contribution in [-0.2, 0) is 10.0 Å². The number of nitrogens with zero attached hydrogens (tertiary/aromatic N) is 3. The number of amides is 1. The number of hydrogen-bond donors (Lipinski definition) is 1. The van der Waals surface area contributed by atoms with Crippen LogP contribution < -0.4 is 5.32 Å². The van der Waals surface area contributed by atoms with Crippen molar-refractivity contribution < 1.29 is 13.2 Å². The molecule has 1 amide bonds. The van der Waals surface area contributed by atoms with Crippen molar-refractivity contribution in [2.24, 2.45) is 0 Å². The van der Waals surface area contributed by atoms with Gasteiger partial charge in [-0.25, -0.2) is 8.42 Å². The third-order valence-corrected chi connectivity index (χ3v) is 8.61. The van der Waals surface area contributed by atoms with E-state index in [9.17, 15) is 13.2 Å². The fraction of sp³-hybridized carbons (Fsp3) is 0.278. The Balaban J connectivity index is 1.56. The molecule has 0 radical (unpaired) electrons. The maximum Gasteiger partial charge on any atom is 0.259 e. The van der Waals surface area contributed by atoms with Gasteiger partial charge in [-0.15, -0.1) is 21.5 Å². The molecule has 0 spiro atoms. The second-order valence-corrected chi connectivity index (χ2v) is 10.7. The summed E-state index contributed by atoms with van der Waals surface area (Å²) in [7, 11) is -3.66. The van der Waals surface area contributed by atoms with Crippen LogP contribution >= 0.6 is 34.3 Å². The van der Waals surface area contributed by atoms with E-state index in [1.165, 1.54) is 45.2 Å². The highest BCUT2D eigenvalue weighted by Gasteiger charge is 2.27. The number of anilines is 1. The summed E-state index contributed by atoms with van der Waals surface area (Å²) in [6, 6.07) is 8.02. The van der Waals surface area contributed by atoms with Crippen molar-refractivity contribution in [3.63, 3.8) is 0 Å². The van der Waals surface area contributed by atoms with Crippen molar-refractivity contribution in [3.05, 3.63) is 46.3 Å². The third-order valence-electron chi connectivity index (χ3n) is 4.51. The molecule has 1 fully saturated rings. The van der Waals surface area contributed by atoms with Gasteiger partial charge >= 0.3 is 0 Å². The Kier molecular flexibility index (Phi) is 5.98. The molecule has 152 valence electrons. The van der Waals surface area contributed by atoms with Crippen LogP contribution in [0.2, 0.25) is 5.02 Å². The second-order valence-electron chi connectivity index (χ2n) is 6.45. The number of nitrogens with one attached hydrogen (secondary N) is 1. The predicted octanol–water partition coefficient (Wildman–Crippen LogP) is 4.35. The molecule has 1 aliphatic rings. The van der Waals surface area contributed by atoms with E-state index < -0.39 is 15.9 Å². The Morgan fingerprint density at radius 2 is 1.93 bits per heavy atom. The molecule has 7 nitrogen and oxygen atoms in total. The zero-order chi connectivity index (χ0) is 20.4. The van der Waals surface area contributed by atoms with Crippen LogP contribution in [0.25, 0.3) is 9.88 Å². The van der Waals surface area contributed by atoms with E-state index in [1.807, 2.05) is 17.5 Å². The van der Waals surface area contributed by atoms with Gasteiger partial charge in [-0.2, -0.15) is 4.31 Å². The Bertz CT molecular complexity index is 1120. The number of halogens is 1. The summed E-state index contributed by atoms with van der Waals surface area (Å²) in [6.07, 6.45) is 2.70. The van der Waals surface area contributed by atoms with Crippen LogP contribution in [0, 0.1) is 0 Å². The summed E-state index contributed by atoms with van der Waals surface area (Å²) in [5.74, 6) is -0.528. The minimum Gasteiger partial charge on any atom is -0.296 e. The van der Waals surface area contributed by atoms with E-state index in [-0.39, 0.29) is 15.5 Å². The normalized spacial score (nSPS) is 15.3. The minimum atomic E-state index is -3.66. The minimum absolute atomic E-state index is 0.0606. The Hall–Kier alpha value is -1.85. The van der Waals surface area contributed by atoms with Crippen LogP contribution in [-0.4, -0.2) is 41.9 Å². The van der Waals surface area contributed by atoms with Crippen molar-refractivity contribution in [1.29, 1.82) is 0 Å². The lowest BCUT2D eigenvalue weighted by Gasteiger charge is -2.26. The molecule has 0 unspecified atom stereocenters. The molecular formula is C18H17ClN4O3S3. The van der Waals surface area contributed by atoms with Gasteiger partial charge in [0.05, 0.1) is 20.4 Å². The van der Waals surface area contributed by atoms with Gasteiger partial charge < -0.3 is 0 Å². The molecule has 0 atom stereocenters. The summed E-state index contributed by atoms with van der Waals surface area (Å²) in [5, 5.41) is 13.8. The largest absolute Gasteiger partial charge is 0.296 e. The van der Waals surface area contributed by atoms with E-state index in [0.29, 0.717) is 23.2 Å². The van der Waals surface area contributed by atoms with E-state index in [4.69, 9.17) is 11.6 Å². The highest BCUT2D eigenvalue weighted by Crippen LogP contribution is 2.31. The number of thiophene rings is 1. The van der Waals surface area contributed by atoms with Gasteiger partial charge in [-0.1, -0.05) is 35.4 Å². The van der Waals surface area contributed by atoms with E-state index in [2.05, 4.69) is 15.5 Å². The summed E-state index contributed by atoms with van der Waals surface area (Å²) in [4.78, 5) is 13.7. The summed E-state index contributed by atoms with van der Waals surface area (Å²) < 4.78 is 27.3. The van der Waals surface area contributed by atoms with Gasteiger partial charge in [0.25, 0.3) is 5.91 Å². The second kappa shape index (κ2) is 8.49. The average molecular weight is 469 g/mol. The highest BCUT2D eigenvalue weighted by molar-refractivity contribution is 7.89. The molecule has 29 heavy (non-hydrogen) atoms. The highest BCUT2D eigenvalue weighted by atomic mass is 35.5. The van der Waals surface area contributed by atoms with Gasteiger partial charge in [0.2, 0.25) is 15.2 Å². The number of aromatic nitrogens is 2. The van der Waals surface area contributed by atoms with E-state index in [0.717, 1.165) is 24.1 Å². The first-order valence-electron chi connectivity index (χ1n) is 8.93. The molecule has 2 aromatic heterocycles. The SMILES string of the molecule is O=C(Nc1nnc(-c2cccs2)s1)c1cc(S(=O)(=O)N2CCCCC2)ccc1Cl. The van der Waals surface area contributed by atoms with Crippen molar-refractivity contribution in [1.82, 2.24) is 14.5 Å².